The summed E-state index contributed by atoms with van der Waals surface area (Å²) in [6.07, 6.45) is 2.67. The Morgan fingerprint density at radius 3 is 2.94 bits per heavy atom. The van der Waals surface area contributed by atoms with Crippen molar-refractivity contribution < 1.29 is 4.74 Å². The van der Waals surface area contributed by atoms with Gasteiger partial charge in [0.1, 0.15) is 17.0 Å². The van der Waals surface area contributed by atoms with Crippen LogP contribution >= 0.6 is 27.3 Å². The van der Waals surface area contributed by atoms with E-state index >= 15 is 0 Å². The average Bonchev–Trinajstić information content (AvgIpc) is 2.76. The molecule has 2 rings (SSSR count). The van der Waals surface area contributed by atoms with E-state index in [0.29, 0.717) is 6.61 Å². The Hall–Kier alpha value is -0.940. The molecule has 0 aliphatic heterocycles. The topological polar surface area (TPSA) is 35.0 Å². The molecule has 2 aromatic heterocycles. The number of rotatable bonds is 4. The van der Waals surface area contributed by atoms with Crippen molar-refractivity contribution in [3.63, 3.8) is 0 Å². The lowest BCUT2D eigenvalue weighted by atomic mass is 10.4. The molecule has 0 bridgehead atoms. The first-order valence-corrected chi connectivity index (χ1v) is 6.63. The van der Waals surface area contributed by atoms with Crippen molar-refractivity contribution in [1.82, 2.24) is 9.97 Å². The van der Waals surface area contributed by atoms with Crippen molar-refractivity contribution in [2.75, 3.05) is 0 Å². The van der Waals surface area contributed by atoms with Crippen LogP contribution in [0.3, 0.4) is 0 Å². The third kappa shape index (κ3) is 3.02. The van der Waals surface area contributed by atoms with Gasteiger partial charge in [0.2, 0.25) is 0 Å². The molecule has 5 heteroatoms. The molecule has 0 amide bonds. The van der Waals surface area contributed by atoms with Crippen molar-refractivity contribution >= 4 is 27.3 Å². The molecule has 0 aromatic carbocycles. The number of pyridine rings is 1. The van der Waals surface area contributed by atoms with E-state index in [2.05, 4.69) is 32.8 Å². The fourth-order valence-corrected chi connectivity index (χ4v) is 2.15. The minimum Gasteiger partial charge on any atom is -0.486 e. The Bertz CT molecular complexity index is 455. The fourth-order valence-electron chi connectivity index (χ4n) is 1.18. The third-order valence-corrected chi connectivity index (χ3v) is 3.50. The zero-order valence-electron chi connectivity index (χ0n) is 8.81. The van der Waals surface area contributed by atoms with Gasteiger partial charge in [0.15, 0.2) is 0 Å². The van der Waals surface area contributed by atoms with Gasteiger partial charge in [-0.05, 0) is 34.5 Å². The Kier molecular flexibility index (Phi) is 3.90. The highest BCUT2D eigenvalue weighted by Gasteiger charge is 2.01. The normalized spacial score (nSPS) is 10.4. The van der Waals surface area contributed by atoms with Crippen LogP contribution in [0.15, 0.2) is 28.3 Å². The molecule has 0 aliphatic carbocycles. The van der Waals surface area contributed by atoms with E-state index in [1.807, 2.05) is 17.5 Å². The van der Waals surface area contributed by atoms with Crippen LogP contribution in [0.1, 0.15) is 17.6 Å². The molecule has 0 atom stereocenters. The highest BCUT2D eigenvalue weighted by molar-refractivity contribution is 9.10. The van der Waals surface area contributed by atoms with Crippen LogP contribution in [-0.4, -0.2) is 9.97 Å². The summed E-state index contributed by atoms with van der Waals surface area (Å²) in [5.41, 5.74) is 0.977. The molecular weight excluding hydrogens is 288 g/mol. The number of nitrogens with zero attached hydrogens (tertiary/aromatic N) is 2. The summed E-state index contributed by atoms with van der Waals surface area (Å²) in [7, 11) is 0. The average molecular weight is 299 g/mol. The number of thiazole rings is 1. The van der Waals surface area contributed by atoms with E-state index in [1.165, 1.54) is 0 Å². The minimum absolute atomic E-state index is 0.500. The predicted octanol–water partition coefficient (Wildman–Crippen LogP) is 3.44. The van der Waals surface area contributed by atoms with Crippen LogP contribution in [0.4, 0.5) is 0 Å². The highest BCUT2D eigenvalue weighted by atomic mass is 79.9. The number of hydrogen-bond donors (Lipinski definition) is 0. The van der Waals surface area contributed by atoms with Gasteiger partial charge >= 0.3 is 0 Å². The van der Waals surface area contributed by atoms with E-state index in [4.69, 9.17) is 4.74 Å². The Morgan fingerprint density at radius 2 is 2.31 bits per heavy atom. The molecule has 0 fully saturated rings. The molecule has 0 saturated carbocycles. The quantitative estimate of drug-likeness (QED) is 0.811. The van der Waals surface area contributed by atoms with Crippen molar-refractivity contribution in [2.45, 2.75) is 20.0 Å². The van der Waals surface area contributed by atoms with Crippen LogP contribution in [0.25, 0.3) is 0 Å². The van der Waals surface area contributed by atoms with Crippen molar-refractivity contribution in [2.24, 2.45) is 0 Å². The van der Waals surface area contributed by atoms with E-state index in [0.717, 1.165) is 27.5 Å². The summed E-state index contributed by atoms with van der Waals surface area (Å²) in [5, 5.41) is 3.18. The summed E-state index contributed by atoms with van der Waals surface area (Å²) in [4.78, 5) is 8.51. The van der Waals surface area contributed by atoms with Gasteiger partial charge in [-0.2, -0.15) is 0 Å². The van der Waals surface area contributed by atoms with Gasteiger partial charge in [0.05, 0.1) is 16.9 Å². The SMILES string of the molecule is CCc1nc(COc2ccc(Br)nc2)cs1. The van der Waals surface area contributed by atoms with Gasteiger partial charge in [-0.15, -0.1) is 11.3 Å². The van der Waals surface area contributed by atoms with Crippen LogP contribution in [0.2, 0.25) is 0 Å². The molecular formula is C11H11BrN2OS. The summed E-state index contributed by atoms with van der Waals surface area (Å²) >= 11 is 4.95. The molecule has 2 heterocycles. The van der Waals surface area contributed by atoms with Crippen LogP contribution in [-0.2, 0) is 13.0 Å². The lowest BCUT2D eigenvalue weighted by Crippen LogP contribution is -1.96. The third-order valence-electron chi connectivity index (χ3n) is 1.99. The van der Waals surface area contributed by atoms with Gasteiger partial charge in [-0.3, -0.25) is 0 Å². The molecule has 3 nitrogen and oxygen atoms in total. The van der Waals surface area contributed by atoms with Gasteiger partial charge < -0.3 is 4.74 Å². The lowest BCUT2D eigenvalue weighted by Gasteiger charge is -2.02. The molecule has 84 valence electrons. The molecule has 0 unspecified atom stereocenters. The second-order valence-corrected chi connectivity index (χ2v) is 4.95. The molecule has 0 N–H and O–H groups in total. The van der Waals surface area contributed by atoms with E-state index in [1.54, 1.807) is 17.5 Å². The second kappa shape index (κ2) is 5.41. The first-order valence-electron chi connectivity index (χ1n) is 4.95. The van der Waals surface area contributed by atoms with Gasteiger partial charge in [-0.1, -0.05) is 6.92 Å². The van der Waals surface area contributed by atoms with Crippen molar-refractivity contribution in [1.29, 1.82) is 0 Å². The van der Waals surface area contributed by atoms with E-state index in [9.17, 15) is 0 Å². The zero-order valence-corrected chi connectivity index (χ0v) is 11.2. The van der Waals surface area contributed by atoms with Crippen LogP contribution in [0, 0.1) is 0 Å². The Labute approximate surface area is 107 Å². The number of aromatic nitrogens is 2. The number of ether oxygens (including phenoxy) is 1. The van der Waals surface area contributed by atoms with E-state index in [-0.39, 0.29) is 0 Å². The Morgan fingerprint density at radius 1 is 1.44 bits per heavy atom. The second-order valence-electron chi connectivity index (χ2n) is 3.19. The van der Waals surface area contributed by atoms with Gasteiger partial charge in [0, 0.05) is 5.38 Å². The number of hydrogen-bond acceptors (Lipinski definition) is 4. The predicted molar refractivity (Wildman–Crippen MR) is 67.8 cm³/mol. The molecule has 0 aliphatic rings. The van der Waals surface area contributed by atoms with Crippen molar-refractivity contribution in [3.8, 4) is 5.75 Å². The van der Waals surface area contributed by atoms with Crippen LogP contribution in [0.5, 0.6) is 5.75 Å². The number of aryl methyl sites for hydroxylation is 1. The first-order chi connectivity index (χ1) is 7.78. The van der Waals surface area contributed by atoms with E-state index < -0.39 is 0 Å². The maximum Gasteiger partial charge on any atom is 0.138 e. The largest absolute Gasteiger partial charge is 0.486 e. The van der Waals surface area contributed by atoms with Gasteiger partial charge in [-0.25, -0.2) is 9.97 Å². The first kappa shape index (κ1) is 11.5. The van der Waals surface area contributed by atoms with Crippen molar-refractivity contribution in [3.05, 3.63) is 39.0 Å². The minimum atomic E-state index is 0.500. The summed E-state index contributed by atoms with van der Waals surface area (Å²) in [6.45, 7) is 2.60. The monoisotopic (exact) mass is 298 g/mol. The molecule has 0 spiro atoms. The molecule has 0 saturated heterocycles. The summed E-state index contributed by atoms with van der Waals surface area (Å²) in [5.74, 6) is 0.759. The maximum atomic E-state index is 5.57. The summed E-state index contributed by atoms with van der Waals surface area (Å²) < 4.78 is 6.37. The Balaban J connectivity index is 1.94. The van der Waals surface area contributed by atoms with Gasteiger partial charge in [0.25, 0.3) is 0 Å². The maximum absolute atomic E-state index is 5.57. The molecule has 16 heavy (non-hydrogen) atoms. The zero-order chi connectivity index (χ0) is 11.4. The standard InChI is InChI=1S/C11H11BrN2OS/c1-2-11-14-8(7-16-11)6-15-9-3-4-10(12)13-5-9/h3-5,7H,2,6H2,1H3. The summed E-state index contributed by atoms with van der Waals surface area (Å²) in [6, 6.07) is 3.73. The molecule has 2 aromatic rings. The smallest absolute Gasteiger partial charge is 0.138 e. The highest BCUT2D eigenvalue weighted by Crippen LogP contribution is 2.16. The van der Waals surface area contributed by atoms with Crippen LogP contribution < -0.4 is 4.74 Å². The molecule has 0 radical (unpaired) electrons. The number of halogens is 1. The lowest BCUT2D eigenvalue weighted by molar-refractivity contribution is 0.300. The fraction of sp³-hybridized carbons (Fsp3) is 0.273.